The van der Waals surface area contributed by atoms with Crippen LogP contribution in [0.4, 0.5) is 0 Å². The fourth-order valence-corrected chi connectivity index (χ4v) is 1.40. The van der Waals surface area contributed by atoms with Crippen LogP contribution >= 0.6 is 11.8 Å². The molecule has 0 saturated carbocycles. The first-order chi connectivity index (χ1) is 6.46. The lowest BCUT2D eigenvalue weighted by Crippen LogP contribution is -2.55. The first-order valence-corrected chi connectivity index (χ1v) is 6.35. The number of carbonyl (C=O) groups excluding carboxylic acids is 1. The minimum absolute atomic E-state index is 0.0981. The summed E-state index contributed by atoms with van der Waals surface area (Å²) < 4.78 is 0. The molecule has 0 aliphatic rings. The van der Waals surface area contributed by atoms with Gasteiger partial charge in [0.1, 0.15) is 0 Å². The maximum absolute atomic E-state index is 11.5. The Bertz CT molecular complexity index is 185. The van der Waals surface area contributed by atoms with E-state index >= 15 is 0 Å². The number of rotatable bonds is 6. The molecule has 0 rings (SSSR count). The van der Waals surface area contributed by atoms with E-state index in [-0.39, 0.29) is 11.4 Å². The van der Waals surface area contributed by atoms with Crippen molar-refractivity contribution in [1.82, 2.24) is 5.32 Å². The molecule has 3 nitrogen and oxygen atoms in total. The molecule has 4 heteroatoms. The molecule has 3 N–H and O–H groups in total. The Labute approximate surface area is 91.2 Å². The third kappa shape index (κ3) is 4.33. The molecular formula is C10H22N2OS. The molecule has 0 heterocycles. The molecule has 1 unspecified atom stereocenters. The van der Waals surface area contributed by atoms with Crippen molar-refractivity contribution in [2.24, 2.45) is 11.7 Å². The zero-order valence-electron chi connectivity index (χ0n) is 9.59. The van der Waals surface area contributed by atoms with Gasteiger partial charge >= 0.3 is 0 Å². The van der Waals surface area contributed by atoms with Crippen molar-refractivity contribution < 1.29 is 4.79 Å². The van der Waals surface area contributed by atoms with Crippen molar-refractivity contribution in [3.63, 3.8) is 0 Å². The summed E-state index contributed by atoms with van der Waals surface area (Å²) in [6.45, 7) is 6.62. The van der Waals surface area contributed by atoms with Crippen LogP contribution in [0.25, 0.3) is 0 Å². The number of carbonyl (C=O) groups is 1. The number of hydrogen-bond acceptors (Lipinski definition) is 3. The molecular weight excluding hydrogens is 196 g/mol. The van der Waals surface area contributed by atoms with Gasteiger partial charge in [-0.05, 0) is 19.1 Å². The predicted molar refractivity (Wildman–Crippen MR) is 63.4 cm³/mol. The molecule has 0 spiro atoms. The van der Waals surface area contributed by atoms with E-state index in [9.17, 15) is 4.79 Å². The van der Waals surface area contributed by atoms with E-state index in [1.807, 2.05) is 13.2 Å². The zero-order chi connectivity index (χ0) is 11.2. The fourth-order valence-electron chi connectivity index (χ4n) is 1.01. The van der Waals surface area contributed by atoms with E-state index in [0.717, 1.165) is 5.75 Å². The molecule has 0 radical (unpaired) electrons. The van der Waals surface area contributed by atoms with Crippen molar-refractivity contribution >= 4 is 17.7 Å². The van der Waals surface area contributed by atoms with Gasteiger partial charge in [0, 0.05) is 18.7 Å². The van der Waals surface area contributed by atoms with Gasteiger partial charge in [-0.3, -0.25) is 4.79 Å². The molecule has 1 atom stereocenters. The van der Waals surface area contributed by atoms with Crippen molar-refractivity contribution in [3.8, 4) is 0 Å². The van der Waals surface area contributed by atoms with Crippen LogP contribution in [0, 0.1) is 5.92 Å². The first-order valence-electron chi connectivity index (χ1n) is 4.96. The van der Waals surface area contributed by atoms with Gasteiger partial charge in [-0.15, -0.1) is 0 Å². The molecule has 14 heavy (non-hydrogen) atoms. The number of thioether (sulfide) groups is 1. The smallest absolute Gasteiger partial charge is 0.221 e. The molecule has 84 valence electrons. The minimum Gasteiger partial charge on any atom is -0.349 e. The number of nitrogens with one attached hydrogen (secondary N) is 1. The monoisotopic (exact) mass is 218 g/mol. The van der Waals surface area contributed by atoms with Gasteiger partial charge in [-0.1, -0.05) is 13.8 Å². The number of amides is 1. The predicted octanol–water partition coefficient (Wildman–Crippen LogP) is 1.23. The molecule has 0 aromatic carbocycles. The van der Waals surface area contributed by atoms with Crippen LogP contribution in [0.2, 0.25) is 0 Å². The van der Waals surface area contributed by atoms with Crippen LogP contribution in [0.3, 0.4) is 0 Å². The van der Waals surface area contributed by atoms with E-state index in [4.69, 9.17) is 5.73 Å². The highest BCUT2D eigenvalue weighted by Crippen LogP contribution is 2.14. The average Bonchev–Trinajstić information content (AvgIpc) is 2.14. The zero-order valence-corrected chi connectivity index (χ0v) is 10.4. The molecule has 0 fully saturated rings. The second-order valence-corrected chi connectivity index (χ2v) is 5.05. The third-order valence-corrected chi connectivity index (χ3v) is 3.27. The van der Waals surface area contributed by atoms with Crippen molar-refractivity contribution in [3.05, 3.63) is 0 Å². The summed E-state index contributed by atoms with van der Waals surface area (Å²) >= 11 is 1.68. The van der Waals surface area contributed by atoms with Crippen LogP contribution < -0.4 is 11.1 Å². The molecule has 0 aliphatic carbocycles. The molecule has 0 aliphatic heterocycles. The normalized spacial score (nSPS) is 15.3. The Morgan fingerprint density at radius 1 is 1.57 bits per heavy atom. The number of hydrogen-bond donors (Lipinski definition) is 2. The van der Waals surface area contributed by atoms with Crippen LogP contribution in [0.1, 0.15) is 27.2 Å². The quantitative estimate of drug-likeness (QED) is 0.705. The van der Waals surface area contributed by atoms with E-state index in [2.05, 4.69) is 19.2 Å². The van der Waals surface area contributed by atoms with E-state index in [1.165, 1.54) is 0 Å². The maximum atomic E-state index is 11.5. The summed E-state index contributed by atoms with van der Waals surface area (Å²) in [7, 11) is 0. The summed E-state index contributed by atoms with van der Waals surface area (Å²) in [6.07, 6.45) is 2.57. The Morgan fingerprint density at radius 2 is 2.14 bits per heavy atom. The van der Waals surface area contributed by atoms with E-state index < -0.39 is 0 Å². The molecule has 0 aromatic rings. The van der Waals surface area contributed by atoms with Gasteiger partial charge in [0.25, 0.3) is 0 Å². The Morgan fingerprint density at radius 3 is 2.50 bits per heavy atom. The Hall–Kier alpha value is -0.220. The lowest BCUT2D eigenvalue weighted by Gasteiger charge is -2.33. The third-order valence-electron chi connectivity index (χ3n) is 2.66. The van der Waals surface area contributed by atoms with Crippen molar-refractivity contribution in [1.29, 1.82) is 0 Å². The fraction of sp³-hybridized carbons (Fsp3) is 0.900. The van der Waals surface area contributed by atoms with E-state index in [1.54, 1.807) is 11.8 Å². The highest BCUT2D eigenvalue weighted by atomic mass is 32.2. The molecule has 0 bridgehead atoms. The SMILES string of the molecule is CSCCC(=O)NC(C)(CN)C(C)C. The van der Waals surface area contributed by atoms with Gasteiger partial charge in [0.05, 0.1) is 5.54 Å². The second kappa shape index (κ2) is 6.30. The van der Waals surface area contributed by atoms with E-state index in [0.29, 0.717) is 18.9 Å². The number of nitrogens with two attached hydrogens (primary N) is 1. The largest absolute Gasteiger partial charge is 0.349 e. The van der Waals surface area contributed by atoms with Gasteiger partial charge in [0.15, 0.2) is 0 Å². The molecule has 1 amide bonds. The summed E-state index contributed by atoms with van der Waals surface area (Å²) in [5, 5.41) is 3.00. The standard InChI is InChI=1S/C10H22N2OS/c1-8(2)10(3,7-11)12-9(13)5-6-14-4/h8H,5-7,11H2,1-4H3,(H,12,13). The Balaban J connectivity index is 4.11. The van der Waals surface area contributed by atoms with Gasteiger partial charge in [-0.2, -0.15) is 11.8 Å². The Kier molecular flexibility index (Phi) is 6.20. The second-order valence-electron chi connectivity index (χ2n) is 4.07. The summed E-state index contributed by atoms with van der Waals surface area (Å²) in [5.74, 6) is 1.32. The highest BCUT2D eigenvalue weighted by molar-refractivity contribution is 7.98. The lowest BCUT2D eigenvalue weighted by atomic mass is 9.88. The molecule has 0 aromatic heterocycles. The lowest BCUT2D eigenvalue weighted by molar-refractivity contribution is -0.122. The maximum Gasteiger partial charge on any atom is 0.221 e. The van der Waals surface area contributed by atoms with Crippen molar-refractivity contribution in [2.45, 2.75) is 32.7 Å². The van der Waals surface area contributed by atoms with Gasteiger partial charge in [0.2, 0.25) is 5.91 Å². The van der Waals surface area contributed by atoms with Crippen LogP contribution in [0.15, 0.2) is 0 Å². The van der Waals surface area contributed by atoms with Gasteiger partial charge in [-0.25, -0.2) is 0 Å². The average molecular weight is 218 g/mol. The minimum atomic E-state index is -0.268. The molecule has 0 saturated heterocycles. The highest BCUT2D eigenvalue weighted by Gasteiger charge is 2.27. The van der Waals surface area contributed by atoms with Crippen LogP contribution in [-0.2, 0) is 4.79 Å². The van der Waals surface area contributed by atoms with Gasteiger partial charge < -0.3 is 11.1 Å². The topological polar surface area (TPSA) is 55.1 Å². The van der Waals surface area contributed by atoms with Crippen molar-refractivity contribution in [2.75, 3.05) is 18.6 Å². The summed E-state index contributed by atoms with van der Waals surface area (Å²) in [6, 6.07) is 0. The first kappa shape index (κ1) is 13.8. The van der Waals surface area contributed by atoms with Crippen LogP contribution in [0.5, 0.6) is 0 Å². The van der Waals surface area contributed by atoms with Crippen LogP contribution in [-0.4, -0.2) is 30.0 Å². The summed E-state index contributed by atoms with van der Waals surface area (Å²) in [5.41, 5.74) is 5.40. The summed E-state index contributed by atoms with van der Waals surface area (Å²) in [4.78, 5) is 11.5.